The summed E-state index contributed by atoms with van der Waals surface area (Å²) >= 11 is 0. The number of morpholine rings is 1. The zero-order valence-electron chi connectivity index (χ0n) is 14.2. The van der Waals surface area contributed by atoms with Gasteiger partial charge in [-0.3, -0.25) is 4.79 Å². The van der Waals surface area contributed by atoms with Crippen molar-refractivity contribution in [2.24, 2.45) is 0 Å². The van der Waals surface area contributed by atoms with Crippen molar-refractivity contribution in [3.63, 3.8) is 0 Å². The van der Waals surface area contributed by atoms with Gasteiger partial charge in [0.2, 0.25) is 17.7 Å². The fourth-order valence-electron chi connectivity index (χ4n) is 3.17. The highest BCUT2D eigenvalue weighted by Gasteiger charge is 2.32. The number of benzene rings is 1. The van der Waals surface area contributed by atoms with Crippen LogP contribution in [0.15, 0.2) is 28.7 Å². The summed E-state index contributed by atoms with van der Waals surface area (Å²) in [6, 6.07) is 7.46. The van der Waals surface area contributed by atoms with E-state index >= 15 is 0 Å². The van der Waals surface area contributed by atoms with Gasteiger partial charge in [0.1, 0.15) is 18.4 Å². The van der Waals surface area contributed by atoms with E-state index in [1.165, 1.54) is 0 Å². The molecular weight excluding hydrogens is 322 g/mol. The number of fused-ring (bicyclic) bond motifs is 1. The van der Waals surface area contributed by atoms with E-state index in [9.17, 15) is 4.79 Å². The second-order valence-electron chi connectivity index (χ2n) is 6.07. The number of imidazole rings is 1. The molecule has 0 bridgehead atoms. The molecule has 1 aliphatic heterocycles. The lowest BCUT2D eigenvalue weighted by Crippen LogP contribution is -2.45. The Morgan fingerprint density at radius 3 is 2.92 bits per heavy atom. The van der Waals surface area contributed by atoms with E-state index in [4.69, 9.17) is 9.15 Å². The van der Waals surface area contributed by atoms with Crippen LogP contribution < -0.4 is 0 Å². The number of aryl methyl sites for hydroxylation is 2. The Morgan fingerprint density at radius 1 is 1.28 bits per heavy atom. The minimum Gasteiger partial charge on any atom is -0.423 e. The average Bonchev–Trinajstić information content (AvgIpc) is 3.19. The third kappa shape index (κ3) is 2.89. The summed E-state index contributed by atoms with van der Waals surface area (Å²) in [7, 11) is 0. The van der Waals surface area contributed by atoms with Gasteiger partial charge in [-0.05, 0) is 19.1 Å². The maximum Gasteiger partial charge on any atom is 0.243 e. The fourth-order valence-corrected chi connectivity index (χ4v) is 3.17. The van der Waals surface area contributed by atoms with Crippen molar-refractivity contribution in [1.29, 1.82) is 0 Å². The minimum absolute atomic E-state index is 0.0181. The predicted octanol–water partition coefficient (Wildman–Crippen LogP) is 1.64. The monoisotopic (exact) mass is 341 g/mol. The third-order valence-electron chi connectivity index (χ3n) is 4.41. The highest BCUT2D eigenvalue weighted by atomic mass is 16.5. The topological polar surface area (TPSA) is 86.3 Å². The smallest absolute Gasteiger partial charge is 0.243 e. The molecule has 0 saturated carbocycles. The zero-order chi connectivity index (χ0) is 17.4. The number of carbonyl (C=O) groups is 1. The number of amides is 1. The normalized spacial score (nSPS) is 18.0. The number of rotatable bonds is 3. The van der Waals surface area contributed by atoms with Crippen LogP contribution in [0.1, 0.15) is 23.6 Å². The standard InChI is InChI=1S/C17H19N5O3/c1-11-18-13-5-3-4-6-14(13)22(11)9-16(23)21-7-8-24-10-15(21)17-20-19-12(2)25-17/h3-6,15H,7-10H2,1-2H3/t15-/m1/s1. The third-order valence-corrected chi connectivity index (χ3v) is 4.41. The van der Waals surface area contributed by atoms with Crippen molar-refractivity contribution < 1.29 is 13.9 Å². The zero-order valence-corrected chi connectivity index (χ0v) is 14.2. The number of carbonyl (C=O) groups excluding carboxylic acids is 1. The van der Waals surface area contributed by atoms with Crippen molar-refractivity contribution >= 4 is 16.9 Å². The molecule has 1 aliphatic rings. The van der Waals surface area contributed by atoms with E-state index in [1.54, 1.807) is 11.8 Å². The summed E-state index contributed by atoms with van der Waals surface area (Å²) in [6.45, 7) is 5.21. The Labute approximate surface area is 144 Å². The van der Waals surface area contributed by atoms with Gasteiger partial charge < -0.3 is 18.6 Å². The molecule has 0 aliphatic carbocycles. The Kier molecular flexibility index (Phi) is 3.96. The highest BCUT2D eigenvalue weighted by molar-refractivity contribution is 5.81. The maximum absolute atomic E-state index is 13.0. The number of hydrogen-bond acceptors (Lipinski definition) is 6. The molecule has 1 atom stereocenters. The molecule has 1 amide bonds. The van der Waals surface area contributed by atoms with Crippen LogP contribution in [-0.4, -0.2) is 50.3 Å². The number of ether oxygens (including phenoxy) is 1. The first-order chi connectivity index (χ1) is 12.1. The molecule has 1 fully saturated rings. The number of hydrogen-bond donors (Lipinski definition) is 0. The van der Waals surface area contributed by atoms with E-state index in [2.05, 4.69) is 15.2 Å². The summed E-state index contributed by atoms with van der Waals surface area (Å²) in [5.74, 6) is 1.69. The van der Waals surface area contributed by atoms with E-state index in [1.807, 2.05) is 35.8 Å². The highest BCUT2D eigenvalue weighted by Crippen LogP contribution is 2.24. The second kappa shape index (κ2) is 6.29. The average molecular weight is 341 g/mol. The van der Waals surface area contributed by atoms with Crippen molar-refractivity contribution in [3.8, 4) is 0 Å². The molecule has 8 heteroatoms. The van der Waals surface area contributed by atoms with E-state index in [0.29, 0.717) is 31.5 Å². The molecule has 25 heavy (non-hydrogen) atoms. The lowest BCUT2D eigenvalue weighted by Gasteiger charge is -2.33. The number of aromatic nitrogens is 4. The van der Waals surface area contributed by atoms with Gasteiger partial charge in [0.25, 0.3) is 0 Å². The molecule has 0 radical (unpaired) electrons. The molecule has 1 aromatic carbocycles. The molecule has 0 unspecified atom stereocenters. The van der Waals surface area contributed by atoms with Crippen molar-refractivity contribution in [2.75, 3.05) is 19.8 Å². The molecule has 3 heterocycles. The quantitative estimate of drug-likeness (QED) is 0.720. The van der Waals surface area contributed by atoms with E-state index in [0.717, 1.165) is 16.9 Å². The summed E-state index contributed by atoms with van der Waals surface area (Å²) in [5.41, 5.74) is 1.84. The van der Waals surface area contributed by atoms with Gasteiger partial charge >= 0.3 is 0 Å². The first-order valence-electron chi connectivity index (χ1n) is 8.22. The molecule has 1 saturated heterocycles. The Hall–Kier alpha value is -2.74. The van der Waals surface area contributed by atoms with Gasteiger partial charge in [-0.25, -0.2) is 4.98 Å². The first-order valence-corrected chi connectivity index (χ1v) is 8.22. The van der Waals surface area contributed by atoms with E-state index < -0.39 is 0 Å². The summed E-state index contributed by atoms with van der Waals surface area (Å²) in [6.07, 6.45) is 0. The lowest BCUT2D eigenvalue weighted by atomic mass is 10.2. The predicted molar refractivity (Wildman–Crippen MR) is 88.8 cm³/mol. The first kappa shape index (κ1) is 15.8. The number of nitrogens with zero attached hydrogens (tertiary/aromatic N) is 5. The molecule has 8 nitrogen and oxygen atoms in total. The molecule has 2 aromatic heterocycles. The molecule has 4 rings (SSSR count). The summed E-state index contributed by atoms with van der Waals surface area (Å²) in [4.78, 5) is 19.3. The van der Waals surface area contributed by atoms with Crippen LogP contribution in [0.4, 0.5) is 0 Å². The van der Waals surface area contributed by atoms with Crippen LogP contribution in [0.5, 0.6) is 0 Å². The maximum atomic E-state index is 13.0. The Morgan fingerprint density at radius 2 is 2.12 bits per heavy atom. The largest absolute Gasteiger partial charge is 0.423 e. The van der Waals surface area contributed by atoms with Gasteiger partial charge in [-0.2, -0.15) is 0 Å². The second-order valence-corrected chi connectivity index (χ2v) is 6.07. The van der Waals surface area contributed by atoms with Gasteiger partial charge in [-0.1, -0.05) is 12.1 Å². The van der Waals surface area contributed by atoms with Crippen LogP contribution in [0.25, 0.3) is 11.0 Å². The van der Waals surface area contributed by atoms with Gasteiger partial charge in [0.15, 0.2) is 0 Å². The molecule has 130 valence electrons. The van der Waals surface area contributed by atoms with Crippen molar-refractivity contribution in [1.82, 2.24) is 24.6 Å². The molecule has 0 spiro atoms. The lowest BCUT2D eigenvalue weighted by molar-refractivity contribution is -0.141. The van der Waals surface area contributed by atoms with Crippen molar-refractivity contribution in [2.45, 2.75) is 26.4 Å². The van der Waals surface area contributed by atoms with Crippen LogP contribution >= 0.6 is 0 Å². The van der Waals surface area contributed by atoms with Crippen molar-refractivity contribution in [3.05, 3.63) is 41.9 Å². The van der Waals surface area contributed by atoms with Gasteiger partial charge in [0, 0.05) is 13.5 Å². The van der Waals surface area contributed by atoms with Crippen LogP contribution in [-0.2, 0) is 16.1 Å². The number of para-hydroxylation sites is 2. The van der Waals surface area contributed by atoms with E-state index in [-0.39, 0.29) is 18.5 Å². The molecular formula is C17H19N5O3. The van der Waals surface area contributed by atoms with Crippen LogP contribution in [0.2, 0.25) is 0 Å². The fraction of sp³-hybridized carbons (Fsp3) is 0.412. The molecule has 3 aromatic rings. The van der Waals surface area contributed by atoms with Gasteiger partial charge in [-0.15, -0.1) is 10.2 Å². The summed E-state index contributed by atoms with van der Waals surface area (Å²) in [5, 5.41) is 7.92. The summed E-state index contributed by atoms with van der Waals surface area (Å²) < 4.78 is 13.0. The molecule has 0 N–H and O–H groups in total. The van der Waals surface area contributed by atoms with Crippen LogP contribution in [0, 0.1) is 13.8 Å². The SMILES string of the molecule is Cc1nnc([C@H]2COCCN2C(=O)Cn2c(C)nc3ccccc32)o1. The van der Waals surface area contributed by atoms with Crippen LogP contribution in [0.3, 0.4) is 0 Å². The minimum atomic E-state index is -0.349. The Bertz CT molecular complexity index is 916. The Balaban J connectivity index is 1.61. The van der Waals surface area contributed by atoms with Gasteiger partial charge in [0.05, 0.1) is 24.2 Å².